The Hall–Kier alpha value is -2.71. The SMILES string of the molecule is CN(CCC(=O)O)C(=O)c1cc(F)cc([N+](=O)[O-])c1N. The van der Waals surface area contributed by atoms with Crippen molar-refractivity contribution in [3.8, 4) is 0 Å². The molecule has 3 N–H and O–H groups in total. The molecule has 20 heavy (non-hydrogen) atoms. The Balaban J connectivity index is 3.09. The highest BCUT2D eigenvalue weighted by Crippen LogP contribution is 2.27. The van der Waals surface area contributed by atoms with Crippen LogP contribution in [0, 0.1) is 15.9 Å². The summed E-state index contributed by atoms with van der Waals surface area (Å²) in [6.45, 7) is -0.127. The van der Waals surface area contributed by atoms with Crippen molar-refractivity contribution < 1.29 is 24.0 Å². The highest BCUT2D eigenvalue weighted by molar-refractivity contribution is 6.01. The molecular formula is C11H12FN3O5. The molecule has 1 amide bonds. The second kappa shape index (κ2) is 5.95. The van der Waals surface area contributed by atoms with Gasteiger partial charge in [0, 0.05) is 13.6 Å². The van der Waals surface area contributed by atoms with E-state index in [0.717, 1.165) is 11.0 Å². The van der Waals surface area contributed by atoms with Gasteiger partial charge in [0.2, 0.25) is 0 Å². The number of hydrogen-bond acceptors (Lipinski definition) is 5. The fourth-order valence-electron chi connectivity index (χ4n) is 1.50. The van der Waals surface area contributed by atoms with Gasteiger partial charge >= 0.3 is 5.97 Å². The van der Waals surface area contributed by atoms with E-state index in [4.69, 9.17) is 10.8 Å². The number of nitrogens with two attached hydrogens (primary N) is 1. The molecule has 1 rings (SSSR count). The monoisotopic (exact) mass is 285 g/mol. The maximum atomic E-state index is 13.3. The minimum atomic E-state index is -1.11. The van der Waals surface area contributed by atoms with Crippen LogP contribution < -0.4 is 5.73 Å². The van der Waals surface area contributed by atoms with Crippen LogP contribution in [0.3, 0.4) is 0 Å². The van der Waals surface area contributed by atoms with Gasteiger partial charge in [-0.15, -0.1) is 0 Å². The summed E-state index contributed by atoms with van der Waals surface area (Å²) in [5.41, 5.74) is 3.94. The van der Waals surface area contributed by atoms with E-state index >= 15 is 0 Å². The standard InChI is InChI=1S/C11H12FN3O5/c1-14(3-2-9(16)17)11(18)7-4-6(12)5-8(10(7)13)15(19)20/h4-5H,2-3,13H2,1H3,(H,16,17). The van der Waals surface area contributed by atoms with Gasteiger partial charge in [0.1, 0.15) is 11.5 Å². The third-order valence-electron chi connectivity index (χ3n) is 2.56. The van der Waals surface area contributed by atoms with Gasteiger partial charge in [-0.3, -0.25) is 19.7 Å². The van der Waals surface area contributed by atoms with Gasteiger partial charge in [0.05, 0.1) is 23.0 Å². The molecule has 0 fully saturated rings. The van der Waals surface area contributed by atoms with Crippen molar-refractivity contribution in [2.24, 2.45) is 0 Å². The lowest BCUT2D eigenvalue weighted by Gasteiger charge is -2.17. The largest absolute Gasteiger partial charge is 0.481 e. The number of hydrogen-bond donors (Lipinski definition) is 2. The van der Waals surface area contributed by atoms with Gasteiger partial charge < -0.3 is 15.7 Å². The molecule has 0 atom stereocenters. The van der Waals surface area contributed by atoms with Crippen LogP contribution in [0.15, 0.2) is 12.1 Å². The number of nitrogen functional groups attached to an aromatic ring is 1. The van der Waals surface area contributed by atoms with Crippen LogP contribution in [0.25, 0.3) is 0 Å². The van der Waals surface area contributed by atoms with Gasteiger partial charge in [-0.25, -0.2) is 4.39 Å². The topological polar surface area (TPSA) is 127 Å². The molecule has 1 aromatic carbocycles. The predicted molar refractivity (Wildman–Crippen MR) is 66.7 cm³/mol. The quantitative estimate of drug-likeness (QED) is 0.469. The highest BCUT2D eigenvalue weighted by atomic mass is 19.1. The first-order chi connectivity index (χ1) is 9.23. The number of nitro groups is 1. The minimum Gasteiger partial charge on any atom is -0.481 e. The smallest absolute Gasteiger partial charge is 0.305 e. The Morgan fingerprint density at radius 1 is 1.50 bits per heavy atom. The molecule has 0 aliphatic carbocycles. The first-order valence-electron chi connectivity index (χ1n) is 5.44. The Morgan fingerprint density at radius 3 is 2.60 bits per heavy atom. The van der Waals surface area contributed by atoms with Gasteiger partial charge in [-0.1, -0.05) is 0 Å². The van der Waals surface area contributed by atoms with Crippen LogP contribution in [0.1, 0.15) is 16.8 Å². The van der Waals surface area contributed by atoms with Crippen LogP contribution in [0.4, 0.5) is 15.8 Å². The molecule has 0 spiro atoms. The molecule has 0 radical (unpaired) electrons. The number of nitro benzene ring substituents is 1. The van der Waals surface area contributed by atoms with Crippen LogP contribution in [-0.2, 0) is 4.79 Å². The zero-order chi connectivity index (χ0) is 15.4. The number of benzene rings is 1. The van der Waals surface area contributed by atoms with Crippen molar-refractivity contribution in [3.63, 3.8) is 0 Å². The molecule has 0 heterocycles. The van der Waals surface area contributed by atoms with Gasteiger partial charge in [-0.05, 0) is 6.07 Å². The number of halogens is 1. The van der Waals surface area contributed by atoms with Crippen molar-refractivity contribution in [1.29, 1.82) is 0 Å². The van der Waals surface area contributed by atoms with Crippen molar-refractivity contribution >= 4 is 23.3 Å². The maximum Gasteiger partial charge on any atom is 0.305 e. The number of carboxylic acid groups (broad SMARTS) is 1. The molecule has 0 aliphatic rings. The van der Waals surface area contributed by atoms with Crippen molar-refractivity contribution in [2.75, 3.05) is 19.3 Å². The Bertz CT molecular complexity index is 575. The highest BCUT2D eigenvalue weighted by Gasteiger charge is 2.23. The maximum absolute atomic E-state index is 13.3. The summed E-state index contributed by atoms with van der Waals surface area (Å²) in [4.78, 5) is 33.2. The number of amides is 1. The lowest BCUT2D eigenvalue weighted by molar-refractivity contribution is -0.384. The van der Waals surface area contributed by atoms with Crippen LogP contribution in [0.2, 0.25) is 0 Å². The summed E-state index contributed by atoms with van der Waals surface area (Å²) < 4.78 is 13.3. The van der Waals surface area contributed by atoms with E-state index in [1.54, 1.807) is 0 Å². The Morgan fingerprint density at radius 2 is 2.10 bits per heavy atom. The lowest BCUT2D eigenvalue weighted by atomic mass is 10.1. The average molecular weight is 285 g/mol. The minimum absolute atomic E-state index is 0.127. The summed E-state index contributed by atoms with van der Waals surface area (Å²) in [7, 11) is 1.29. The number of carbonyl (C=O) groups is 2. The number of carboxylic acids is 1. The molecule has 0 aliphatic heterocycles. The second-order valence-electron chi connectivity index (χ2n) is 4.01. The van der Waals surface area contributed by atoms with Crippen molar-refractivity contribution in [1.82, 2.24) is 4.90 Å². The third-order valence-corrected chi connectivity index (χ3v) is 2.56. The lowest BCUT2D eigenvalue weighted by Crippen LogP contribution is -2.30. The Kier molecular flexibility index (Phi) is 4.57. The summed E-state index contributed by atoms with van der Waals surface area (Å²) in [6, 6.07) is 1.39. The first-order valence-corrected chi connectivity index (χ1v) is 5.44. The van der Waals surface area contributed by atoms with E-state index in [1.165, 1.54) is 7.05 Å². The van der Waals surface area contributed by atoms with E-state index < -0.39 is 34.0 Å². The summed E-state index contributed by atoms with van der Waals surface area (Å²) >= 11 is 0. The zero-order valence-corrected chi connectivity index (χ0v) is 10.5. The normalized spacial score (nSPS) is 10.1. The van der Waals surface area contributed by atoms with Gasteiger partial charge in [0.25, 0.3) is 11.6 Å². The average Bonchev–Trinajstić information content (AvgIpc) is 2.36. The number of aliphatic carboxylic acids is 1. The van der Waals surface area contributed by atoms with E-state index in [-0.39, 0.29) is 18.5 Å². The molecule has 0 bridgehead atoms. The van der Waals surface area contributed by atoms with Crippen molar-refractivity contribution in [2.45, 2.75) is 6.42 Å². The van der Waals surface area contributed by atoms with Gasteiger partial charge in [0.15, 0.2) is 0 Å². The fourth-order valence-corrected chi connectivity index (χ4v) is 1.50. The van der Waals surface area contributed by atoms with E-state index in [9.17, 15) is 24.1 Å². The first kappa shape index (κ1) is 15.3. The summed E-state index contributed by atoms with van der Waals surface area (Å²) in [5, 5.41) is 19.2. The molecule has 1 aromatic rings. The summed E-state index contributed by atoms with van der Waals surface area (Å²) in [5.74, 6) is -2.87. The number of rotatable bonds is 5. The Labute approximate surface area is 112 Å². The third kappa shape index (κ3) is 3.40. The molecule has 108 valence electrons. The molecular weight excluding hydrogens is 273 g/mol. The molecule has 0 unspecified atom stereocenters. The van der Waals surface area contributed by atoms with Crippen LogP contribution >= 0.6 is 0 Å². The van der Waals surface area contributed by atoms with E-state index in [0.29, 0.717) is 6.07 Å². The van der Waals surface area contributed by atoms with E-state index in [1.807, 2.05) is 0 Å². The molecule has 9 heteroatoms. The number of anilines is 1. The molecule has 0 aromatic heterocycles. The van der Waals surface area contributed by atoms with Crippen LogP contribution in [0.5, 0.6) is 0 Å². The van der Waals surface area contributed by atoms with Gasteiger partial charge in [-0.2, -0.15) is 0 Å². The van der Waals surface area contributed by atoms with Crippen molar-refractivity contribution in [3.05, 3.63) is 33.6 Å². The second-order valence-corrected chi connectivity index (χ2v) is 4.01. The molecule has 8 nitrogen and oxygen atoms in total. The number of nitrogens with zero attached hydrogens (tertiary/aromatic N) is 2. The number of carbonyl (C=O) groups excluding carboxylic acids is 1. The fraction of sp³-hybridized carbons (Fsp3) is 0.273. The summed E-state index contributed by atoms with van der Waals surface area (Å²) in [6.07, 6.45) is -0.306. The molecule has 0 saturated heterocycles. The predicted octanol–water partition coefficient (Wildman–Crippen LogP) is 0.863. The zero-order valence-electron chi connectivity index (χ0n) is 10.5. The van der Waals surface area contributed by atoms with Crippen LogP contribution in [-0.4, -0.2) is 40.4 Å². The molecule has 0 saturated carbocycles. The van der Waals surface area contributed by atoms with E-state index in [2.05, 4.69) is 0 Å².